The average molecular weight is 229 g/mol. The van der Waals surface area contributed by atoms with E-state index >= 15 is 0 Å². The molecule has 0 bridgehead atoms. The lowest BCUT2D eigenvalue weighted by Gasteiger charge is -2.13. The van der Waals surface area contributed by atoms with E-state index in [1.54, 1.807) is 13.8 Å². The summed E-state index contributed by atoms with van der Waals surface area (Å²) < 4.78 is 0. The van der Waals surface area contributed by atoms with Crippen molar-refractivity contribution in [2.75, 3.05) is 6.54 Å². The molecule has 5 heteroatoms. The third-order valence-electron chi connectivity index (χ3n) is 2.26. The summed E-state index contributed by atoms with van der Waals surface area (Å²) in [6.45, 7) is 4.08. The summed E-state index contributed by atoms with van der Waals surface area (Å²) in [5.41, 5.74) is 0. The van der Waals surface area contributed by atoms with Crippen molar-refractivity contribution in [3.8, 4) is 0 Å². The molecule has 2 N–H and O–H groups in total. The van der Waals surface area contributed by atoms with Crippen LogP contribution in [0.1, 0.15) is 39.5 Å². The Kier molecular flexibility index (Phi) is 7.37. The second-order valence-electron chi connectivity index (χ2n) is 3.57. The van der Waals surface area contributed by atoms with Gasteiger partial charge in [0.25, 0.3) is 0 Å². The van der Waals surface area contributed by atoms with Crippen LogP contribution in [-0.2, 0) is 14.4 Å². The maximum atomic E-state index is 11.6. The van der Waals surface area contributed by atoms with Crippen LogP contribution in [0.4, 0.5) is 0 Å². The van der Waals surface area contributed by atoms with Gasteiger partial charge in [-0.15, -0.1) is 0 Å². The average Bonchev–Trinajstić information content (AvgIpc) is 2.24. The highest BCUT2D eigenvalue weighted by atomic mass is 16.4. The summed E-state index contributed by atoms with van der Waals surface area (Å²) >= 11 is 0. The molecular weight excluding hydrogens is 210 g/mol. The molecule has 0 saturated heterocycles. The highest BCUT2D eigenvalue weighted by Gasteiger charge is 2.20. The van der Waals surface area contributed by atoms with Gasteiger partial charge < -0.3 is 10.4 Å². The van der Waals surface area contributed by atoms with Gasteiger partial charge in [0.15, 0.2) is 5.78 Å². The zero-order valence-corrected chi connectivity index (χ0v) is 9.78. The van der Waals surface area contributed by atoms with Gasteiger partial charge in [-0.3, -0.25) is 14.4 Å². The Morgan fingerprint density at radius 2 is 1.81 bits per heavy atom. The number of carboxylic acid groups (broad SMARTS) is 1. The number of Topliss-reactive ketones (excluding diaryl/α,β-unsaturated/α-hetero) is 2. The Morgan fingerprint density at radius 3 is 2.25 bits per heavy atom. The lowest BCUT2D eigenvalue weighted by molar-refractivity contribution is -0.139. The summed E-state index contributed by atoms with van der Waals surface area (Å²) in [5.74, 6) is -1.19. The number of carboxylic acids is 1. The largest absolute Gasteiger partial charge is 0.481 e. The summed E-state index contributed by atoms with van der Waals surface area (Å²) in [6, 6.07) is -0.674. The van der Waals surface area contributed by atoms with Crippen molar-refractivity contribution < 1.29 is 19.5 Å². The van der Waals surface area contributed by atoms with Gasteiger partial charge in [-0.25, -0.2) is 0 Å². The van der Waals surface area contributed by atoms with Crippen LogP contribution in [0.25, 0.3) is 0 Å². The molecule has 0 aliphatic rings. The predicted molar refractivity (Wildman–Crippen MR) is 59.3 cm³/mol. The Hall–Kier alpha value is -1.23. The van der Waals surface area contributed by atoms with Crippen LogP contribution >= 0.6 is 0 Å². The summed E-state index contributed by atoms with van der Waals surface area (Å²) in [5, 5.41) is 11.4. The minimum atomic E-state index is -1.01. The third kappa shape index (κ3) is 6.29. The zero-order chi connectivity index (χ0) is 12.6. The lowest BCUT2D eigenvalue weighted by Crippen LogP contribution is -2.38. The fraction of sp³-hybridized carbons (Fsp3) is 0.727. The van der Waals surface area contributed by atoms with Crippen LogP contribution in [0.2, 0.25) is 0 Å². The maximum absolute atomic E-state index is 11.6. The van der Waals surface area contributed by atoms with E-state index in [0.717, 1.165) is 0 Å². The molecule has 16 heavy (non-hydrogen) atoms. The van der Waals surface area contributed by atoms with E-state index in [-0.39, 0.29) is 30.8 Å². The van der Waals surface area contributed by atoms with E-state index in [9.17, 15) is 14.4 Å². The molecule has 0 radical (unpaired) electrons. The minimum absolute atomic E-state index is 0.0268. The van der Waals surface area contributed by atoms with E-state index in [2.05, 4.69) is 5.32 Å². The van der Waals surface area contributed by atoms with Crippen LogP contribution in [0, 0.1) is 0 Å². The maximum Gasteiger partial charge on any atom is 0.305 e. The number of nitrogens with one attached hydrogen (secondary N) is 1. The number of carbonyl (C=O) groups excluding carboxylic acids is 2. The Labute approximate surface area is 95.2 Å². The fourth-order valence-electron chi connectivity index (χ4n) is 1.33. The molecule has 92 valence electrons. The van der Waals surface area contributed by atoms with Crippen LogP contribution in [0.15, 0.2) is 0 Å². The molecule has 5 nitrogen and oxygen atoms in total. The van der Waals surface area contributed by atoms with Crippen molar-refractivity contribution in [1.82, 2.24) is 5.32 Å². The van der Waals surface area contributed by atoms with Crippen molar-refractivity contribution in [2.24, 2.45) is 0 Å². The molecule has 0 fully saturated rings. The summed E-state index contributed by atoms with van der Waals surface area (Å²) in [7, 11) is 0. The molecule has 0 aromatic rings. The second-order valence-corrected chi connectivity index (χ2v) is 3.57. The second kappa shape index (κ2) is 7.98. The van der Waals surface area contributed by atoms with Gasteiger partial charge in [0.2, 0.25) is 0 Å². The highest BCUT2D eigenvalue weighted by molar-refractivity contribution is 5.91. The van der Waals surface area contributed by atoms with Crippen LogP contribution < -0.4 is 5.32 Å². The molecule has 0 aliphatic heterocycles. The number of ketones is 2. The van der Waals surface area contributed by atoms with Crippen molar-refractivity contribution in [1.29, 1.82) is 0 Å². The van der Waals surface area contributed by atoms with Crippen LogP contribution in [0.3, 0.4) is 0 Å². The standard InChI is InChI=1S/C11H19NO4/c1-3-8(13)5-6-10(14)9(12-4-2)7-11(15)16/h9,12H,3-7H2,1-2H3,(H,15,16)/t9-/m0/s1. The van der Waals surface area contributed by atoms with Crippen molar-refractivity contribution >= 4 is 17.5 Å². The first kappa shape index (κ1) is 14.8. The molecule has 1 atom stereocenters. The van der Waals surface area contributed by atoms with E-state index in [1.807, 2.05) is 0 Å². The Morgan fingerprint density at radius 1 is 1.19 bits per heavy atom. The van der Waals surface area contributed by atoms with Gasteiger partial charge in [0, 0.05) is 19.3 Å². The van der Waals surface area contributed by atoms with Crippen molar-refractivity contribution in [3.63, 3.8) is 0 Å². The third-order valence-corrected chi connectivity index (χ3v) is 2.26. The Balaban J connectivity index is 4.16. The molecule has 0 aliphatic carbocycles. The molecule has 0 amide bonds. The van der Waals surface area contributed by atoms with Gasteiger partial charge in [-0.2, -0.15) is 0 Å². The molecule has 0 rings (SSSR count). The van der Waals surface area contributed by atoms with Gasteiger partial charge in [0.05, 0.1) is 12.5 Å². The smallest absolute Gasteiger partial charge is 0.305 e. The summed E-state index contributed by atoms with van der Waals surface area (Å²) in [6.07, 6.45) is 0.513. The van der Waals surface area contributed by atoms with Gasteiger partial charge in [-0.05, 0) is 6.54 Å². The number of hydrogen-bond donors (Lipinski definition) is 2. The monoisotopic (exact) mass is 229 g/mol. The lowest BCUT2D eigenvalue weighted by atomic mass is 10.0. The fourth-order valence-corrected chi connectivity index (χ4v) is 1.33. The van der Waals surface area contributed by atoms with Crippen molar-refractivity contribution in [3.05, 3.63) is 0 Å². The van der Waals surface area contributed by atoms with E-state index in [1.165, 1.54) is 0 Å². The van der Waals surface area contributed by atoms with E-state index in [0.29, 0.717) is 13.0 Å². The zero-order valence-electron chi connectivity index (χ0n) is 9.78. The van der Waals surface area contributed by atoms with Crippen molar-refractivity contribution in [2.45, 2.75) is 45.6 Å². The Bertz CT molecular complexity index is 263. The molecule has 0 saturated carbocycles. The van der Waals surface area contributed by atoms with E-state index < -0.39 is 12.0 Å². The number of aliphatic carboxylic acids is 1. The van der Waals surface area contributed by atoms with Gasteiger partial charge in [0.1, 0.15) is 5.78 Å². The SMILES string of the molecule is CCN[C@@H](CC(=O)O)C(=O)CCC(=O)CC. The number of likely N-dealkylation sites (N-methyl/N-ethyl adjacent to an activating group) is 1. The molecule has 0 spiro atoms. The number of hydrogen-bond acceptors (Lipinski definition) is 4. The topological polar surface area (TPSA) is 83.5 Å². The normalized spacial score (nSPS) is 12.1. The first-order valence-corrected chi connectivity index (χ1v) is 5.50. The first-order chi connectivity index (χ1) is 7.51. The molecule has 0 heterocycles. The van der Waals surface area contributed by atoms with Gasteiger partial charge >= 0.3 is 5.97 Å². The quantitative estimate of drug-likeness (QED) is 0.610. The van der Waals surface area contributed by atoms with Gasteiger partial charge in [-0.1, -0.05) is 13.8 Å². The molecule has 0 aromatic heterocycles. The van der Waals surface area contributed by atoms with Crippen LogP contribution in [-0.4, -0.2) is 35.2 Å². The van der Waals surface area contributed by atoms with E-state index in [4.69, 9.17) is 5.11 Å². The number of rotatable bonds is 9. The molecule has 0 aromatic carbocycles. The number of carbonyl (C=O) groups is 3. The highest BCUT2D eigenvalue weighted by Crippen LogP contribution is 2.03. The predicted octanol–water partition coefficient (Wildman–Crippen LogP) is 0.768. The first-order valence-electron chi connectivity index (χ1n) is 5.50. The molecular formula is C11H19NO4. The molecule has 0 unspecified atom stereocenters. The minimum Gasteiger partial charge on any atom is -0.481 e. The van der Waals surface area contributed by atoms with Crippen LogP contribution in [0.5, 0.6) is 0 Å². The summed E-state index contributed by atoms with van der Waals surface area (Å²) in [4.78, 5) is 33.2.